The molecule has 0 radical (unpaired) electrons. The Bertz CT molecular complexity index is 460. The summed E-state index contributed by atoms with van der Waals surface area (Å²) in [5, 5.41) is 3.67. The molecular weight excluding hydrogens is 176 g/mol. The molecule has 0 saturated carbocycles. The molecule has 0 aliphatic heterocycles. The number of anilines is 1. The normalized spacial score (nSPS) is 10.4. The molecule has 0 spiro atoms. The molecule has 2 rings (SSSR count). The van der Waals surface area contributed by atoms with Gasteiger partial charge in [-0.3, -0.25) is 0 Å². The maximum atomic E-state index is 5.74. The molecule has 0 aliphatic carbocycles. The standard InChI is InChI=1S/C11H12N2O/c1-7-4-3-5-9(8(7)2)11-10(12)6-13-14-11/h3-6H,12H2,1-2H3. The highest BCUT2D eigenvalue weighted by Gasteiger charge is 2.10. The lowest BCUT2D eigenvalue weighted by molar-refractivity contribution is 0.432. The smallest absolute Gasteiger partial charge is 0.189 e. The zero-order valence-corrected chi connectivity index (χ0v) is 8.24. The SMILES string of the molecule is Cc1cccc(-c2oncc2N)c1C. The summed E-state index contributed by atoms with van der Waals surface area (Å²) in [6.07, 6.45) is 1.52. The molecule has 3 nitrogen and oxygen atoms in total. The maximum Gasteiger partial charge on any atom is 0.189 e. The van der Waals surface area contributed by atoms with Crippen molar-refractivity contribution in [2.75, 3.05) is 5.73 Å². The molecule has 0 atom stereocenters. The number of aromatic nitrogens is 1. The Morgan fingerprint density at radius 2 is 2.07 bits per heavy atom. The van der Waals surface area contributed by atoms with Crippen LogP contribution >= 0.6 is 0 Å². The van der Waals surface area contributed by atoms with Crippen molar-refractivity contribution in [1.29, 1.82) is 0 Å². The molecule has 0 aliphatic rings. The Morgan fingerprint density at radius 3 is 2.71 bits per heavy atom. The van der Waals surface area contributed by atoms with Crippen molar-refractivity contribution in [2.24, 2.45) is 0 Å². The van der Waals surface area contributed by atoms with Crippen LogP contribution in [0.1, 0.15) is 11.1 Å². The van der Waals surface area contributed by atoms with Crippen LogP contribution in [0.15, 0.2) is 28.9 Å². The third kappa shape index (κ3) is 1.27. The first-order valence-corrected chi connectivity index (χ1v) is 4.47. The predicted molar refractivity (Wildman–Crippen MR) is 55.8 cm³/mol. The Morgan fingerprint density at radius 1 is 1.29 bits per heavy atom. The Balaban J connectivity index is 2.63. The highest BCUT2D eigenvalue weighted by molar-refractivity contribution is 5.73. The number of benzene rings is 1. The lowest BCUT2D eigenvalue weighted by Gasteiger charge is -2.05. The van der Waals surface area contributed by atoms with Gasteiger partial charge in [0.2, 0.25) is 0 Å². The van der Waals surface area contributed by atoms with Gasteiger partial charge in [0.15, 0.2) is 5.76 Å². The van der Waals surface area contributed by atoms with Crippen LogP contribution in [0.25, 0.3) is 11.3 Å². The van der Waals surface area contributed by atoms with E-state index in [1.165, 1.54) is 17.3 Å². The Kier molecular flexibility index (Phi) is 2.00. The molecule has 1 heterocycles. The highest BCUT2D eigenvalue weighted by atomic mass is 16.5. The highest BCUT2D eigenvalue weighted by Crippen LogP contribution is 2.29. The van der Waals surface area contributed by atoms with Gasteiger partial charge in [-0.05, 0) is 25.0 Å². The molecule has 2 N–H and O–H groups in total. The molecule has 0 bridgehead atoms. The minimum atomic E-state index is 0.582. The second-order valence-corrected chi connectivity index (χ2v) is 3.36. The minimum Gasteiger partial charge on any atom is -0.394 e. The van der Waals surface area contributed by atoms with E-state index in [1.54, 1.807) is 0 Å². The summed E-state index contributed by atoms with van der Waals surface area (Å²) in [6.45, 7) is 4.11. The van der Waals surface area contributed by atoms with Crippen LogP contribution in [-0.2, 0) is 0 Å². The molecule has 14 heavy (non-hydrogen) atoms. The number of hydrogen-bond donors (Lipinski definition) is 1. The van der Waals surface area contributed by atoms with Crippen LogP contribution in [0.5, 0.6) is 0 Å². The van der Waals surface area contributed by atoms with Crippen molar-refractivity contribution in [1.82, 2.24) is 5.16 Å². The average molecular weight is 188 g/mol. The van der Waals surface area contributed by atoms with Gasteiger partial charge in [0.1, 0.15) is 5.69 Å². The van der Waals surface area contributed by atoms with Crippen LogP contribution in [0, 0.1) is 13.8 Å². The van der Waals surface area contributed by atoms with Crippen molar-refractivity contribution in [3.05, 3.63) is 35.5 Å². The molecule has 1 aromatic heterocycles. The number of rotatable bonds is 1. The maximum absolute atomic E-state index is 5.74. The van der Waals surface area contributed by atoms with E-state index in [2.05, 4.69) is 18.1 Å². The Hall–Kier alpha value is -1.77. The average Bonchev–Trinajstić information content (AvgIpc) is 2.57. The van der Waals surface area contributed by atoms with E-state index in [9.17, 15) is 0 Å². The summed E-state index contributed by atoms with van der Waals surface area (Å²) in [7, 11) is 0. The van der Waals surface area contributed by atoms with E-state index in [4.69, 9.17) is 10.3 Å². The van der Waals surface area contributed by atoms with Gasteiger partial charge in [0.25, 0.3) is 0 Å². The van der Waals surface area contributed by atoms with E-state index < -0.39 is 0 Å². The monoisotopic (exact) mass is 188 g/mol. The fourth-order valence-electron chi connectivity index (χ4n) is 1.45. The van der Waals surface area contributed by atoms with E-state index in [0.29, 0.717) is 11.4 Å². The molecule has 0 amide bonds. The van der Waals surface area contributed by atoms with Crippen LogP contribution in [0.4, 0.5) is 5.69 Å². The quantitative estimate of drug-likeness (QED) is 0.748. The largest absolute Gasteiger partial charge is 0.394 e. The van der Waals surface area contributed by atoms with Crippen LogP contribution < -0.4 is 5.73 Å². The summed E-state index contributed by atoms with van der Waals surface area (Å²) in [5.74, 6) is 0.659. The number of aryl methyl sites for hydroxylation is 1. The first-order valence-electron chi connectivity index (χ1n) is 4.47. The molecule has 1 aromatic carbocycles. The predicted octanol–water partition coefficient (Wildman–Crippen LogP) is 2.54. The lowest BCUT2D eigenvalue weighted by atomic mass is 10.0. The van der Waals surface area contributed by atoms with Crippen molar-refractivity contribution in [2.45, 2.75) is 13.8 Å². The Labute approximate surface area is 82.5 Å². The third-order valence-electron chi connectivity index (χ3n) is 2.45. The summed E-state index contributed by atoms with van der Waals surface area (Å²) >= 11 is 0. The van der Waals surface area contributed by atoms with Crippen LogP contribution in [-0.4, -0.2) is 5.16 Å². The molecule has 2 aromatic rings. The van der Waals surface area contributed by atoms with Gasteiger partial charge < -0.3 is 10.3 Å². The zero-order valence-electron chi connectivity index (χ0n) is 8.24. The van der Waals surface area contributed by atoms with Crippen molar-refractivity contribution < 1.29 is 4.52 Å². The molecule has 72 valence electrons. The minimum absolute atomic E-state index is 0.582. The van der Waals surface area contributed by atoms with Crippen molar-refractivity contribution in [3.8, 4) is 11.3 Å². The fourth-order valence-corrected chi connectivity index (χ4v) is 1.45. The van der Waals surface area contributed by atoms with Gasteiger partial charge in [-0.1, -0.05) is 23.4 Å². The summed E-state index contributed by atoms with van der Waals surface area (Å²) in [6, 6.07) is 6.03. The first-order chi connectivity index (χ1) is 6.70. The van der Waals surface area contributed by atoms with Crippen molar-refractivity contribution >= 4 is 5.69 Å². The second-order valence-electron chi connectivity index (χ2n) is 3.36. The number of nitrogen functional groups attached to an aromatic ring is 1. The van der Waals surface area contributed by atoms with Gasteiger partial charge in [0.05, 0.1) is 6.20 Å². The zero-order chi connectivity index (χ0) is 10.1. The number of hydrogen-bond acceptors (Lipinski definition) is 3. The number of nitrogens with two attached hydrogens (primary N) is 1. The van der Waals surface area contributed by atoms with E-state index in [0.717, 1.165) is 5.56 Å². The van der Waals surface area contributed by atoms with Gasteiger partial charge >= 0.3 is 0 Å². The fraction of sp³-hybridized carbons (Fsp3) is 0.182. The molecule has 0 fully saturated rings. The van der Waals surface area contributed by atoms with E-state index in [1.807, 2.05) is 19.1 Å². The molecule has 0 saturated heterocycles. The number of nitrogens with zero attached hydrogens (tertiary/aromatic N) is 1. The van der Waals surface area contributed by atoms with Gasteiger partial charge in [0, 0.05) is 5.56 Å². The summed E-state index contributed by atoms with van der Waals surface area (Å²) < 4.78 is 5.11. The third-order valence-corrected chi connectivity index (χ3v) is 2.45. The van der Waals surface area contributed by atoms with Gasteiger partial charge in [-0.25, -0.2) is 0 Å². The van der Waals surface area contributed by atoms with E-state index >= 15 is 0 Å². The van der Waals surface area contributed by atoms with E-state index in [-0.39, 0.29) is 0 Å². The lowest BCUT2D eigenvalue weighted by Crippen LogP contribution is -1.89. The molecule has 3 heteroatoms. The summed E-state index contributed by atoms with van der Waals surface area (Å²) in [4.78, 5) is 0. The van der Waals surface area contributed by atoms with Crippen LogP contribution in [0.3, 0.4) is 0 Å². The first kappa shape index (κ1) is 8.81. The molecular formula is C11H12N2O. The molecule has 0 unspecified atom stereocenters. The van der Waals surface area contributed by atoms with Gasteiger partial charge in [-0.2, -0.15) is 0 Å². The van der Waals surface area contributed by atoms with Crippen molar-refractivity contribution in [3.63, 3.8) is 0 Å². The topological polar surface area (TPSA) is 52.0 Å². The van der Waals surface area contributed by atoms with Gasteiger partial charge in [-0.15, -0.1) is 0 Å². The second kappa shape index (κ2) is 3.18. The van der Waals surface area contributed by atoms with Crippen LogP contribution in [0.2, 0.25) is 0 Å². The summed E-state index contributed by atoms with van der Waals surface area (Å²) in [5.41, 5.74) is 9.73.